The Morgan fingerprint density at radius 2 is 1.78 bits per heavy atom. The minimum atomic E-state index is -3.47. The van der Waals surface area contributed by atoms with Gasteiger partial charge in [-0.05, 0) is 31.2 Å². The second-order valence-electron chi connectivity index (χ2n) is 5.46. The van der Waals surface area contributed by atoms with Crippen molar-refractivity contribution in [2.75, 3.05) is 40.4 Å². The molecule has 23 heavy (non-hydrogen) atoms. The Hall–Kier alpha value is -1.64. The molecule has 128 valence electrons. The number of nitrogens with zero attached hydrogens (tertiary/aromatic N) is 2. The SMILES string of the molecule is C[C@H](Oc1ccc(S(=O)(=O)N(C)C)cc1)C(=O)N1CCOCC1. The predicted octanol–water partition coefficient (Wildman–Crippen LogP) is 0.563. The Labute approximate surface area is 136 Å². The quantitative estimate of drug-likeness (QED) is 0.782. The summed E-state index contributed by atoms with van der Waals surface area (Å²) in [6, 6.07) is 6.05. The first-order chi connectivity index (χ1) is 10.8. The zero-order chi connectivity index (χ0) is 17.0. The van der Waals surface area contributed by atoms with Gasteiger partial charge in [0.15, 0.2) is 6.10 Å². The van der Waals surface area contributed by atoms with Gasteiger partial charge in [-0.2, -0.15) is 0 Å². The predicted molar refractivity (Wildman–Crippen MR) is 84.8 cm³/mol. The number of amides is 1. The number of carbonyl (C=O) groups is 1. The largest absolute Gasteiger partial charge is 0.481 e. The lowest BCUT2D eigenvalue weighted by Crippen LogP contribution is -2.46. The van der Waals surface area contributed by atoms with Crippen LogP contribution in [0.1, 0.15) is 6.92 Å². The van der Waals surface area contributed by atoms with E-state index in [0.29, 0.717) is 32.1 Å². The maximum Gasteiger partial charge on any atom is 0.263 e. The molecule has 1 amide bonds. The zero-order valence-corrected chi connectivity index (χ0v) is 14.4. The molecular formula is C15H22N2O5S. The Morgan fingerprint density at radius 3 is 2.30 bits per heavy atom. The number of sulfonamides is 1. The molecule has 1 fully saturated rings. The molecule has 0 aromatic heterocycles. The van der Waals surface area contributed by atoms with Gasteiger partial charge in [-0.1, -0.05) is 0 Å². The van der Waals surface area contributed by atoms with Crippen molar-refractivity contribution >= 4 is 15.9 Å². The lowest BCUT2D eigenvalue weighted by molar-refractivity contribution is -0.142. The lowest BCUT2D eigenvalue weighted by atomic mass is 10.3. The number of benzene rings is 1. The second-order valence-corrected chi connectivity index (χ2v) is 7.61. The van der Waals surface area contributed by atoms with Crippen molar-refractivity contribution in [3.63, 3.8) is 0 Å². The van der Waals surface area contributed by atoms with Crippen molar-refractivity contribution < 1.29 is 22.7 Å². The van der Waals surface area contributed by atoms with Crippen LogP contribution in [0.2, 0.25) is 0 Å². The van der Waals surface area contributed by atoms with Crippen LogP contribution in [-0.4, -0.2) is 70.0 Å². The minimum Gasteiger partial charge on any atom is -0.481 e. The van der Waals surface area contributed by atoms with Crippen molar-refractivity contribution in [1.82, 2.24) is 9.21 Å². The van der Waals surface area contributed by atoms with E-state index in [1.54, 1.807) is 24.0 Å². The molecule has 0 aliphatic carbocycles. The molecule has 2 rings (SSSR count). The highest BCUT2D eigenvalue weighted by Crippen LogP contribution is 2.19. The first kappa shape index (κ1) is 17.7. The minimum absolute atomic E-state index is 0.0988. The average Bonchev–Trinajstić information content (AvgIpc) is 2.55. The number of carbonyl (C=O) groups excluding carboxylic acids is 1. The van der Waals surface area contributed by atoms with E-state index in [-0.39, 0.29) is 10.8 Å². The molecule has 0 saturated carbocycles. The summed E-state index contributed by atoms with van der Waals surface area (Å²) in [5.41, 5.74) is 0. The smallest absolute Gasteiger partial charge is 0.263 e. The summed E-state index contributed by atoms with van der Waals surface area (Å²) in [4.78, 5) is 14.2. The number of hydrogen-bond donors (Lipinski definition) is 0. The first-order valence-corrected chi connectivity index (χ1v) is 8.82. The van der Waals surface area contributed by atoms with Crippen LogP contribution in [0, 0.1) is 0 Å². The van der Waals surface area contributed by atoms with Gasteiger partial charge in [0.05, 0.1) is 18.1 Å². The van der Waals surface area contributed by atoms with Crippen molar-refractivity contribution in [3.8, 4) is 5.75 Å². The average molecular weight is 342 g/mol. The Bertz CT molecular complexity index is 636. The van der Waals surface area contributed by atoms with Crippen LogP contribution in [0.15, 0.2) is 29.2 Å². The molecule has 1 heterocycles. The van der Waals surface area contributed by atoms with E-state index in [0.717, 1.165) is 4.31 Å². The standard InChI is InChI=1S/C15H22N2O5S/c1-12(15(18)17-8-10-21-11-9-17)22-13-4-6-14(7-5-13)23(19,20)16(2)3/h4-7,12H,8-11H2,1-3H3/t12-/m0/s1. The molecule has 1 aromatic carbocycles. The molecule has 7 nitrogen and oxygen atoms in total. The van der Waals surface area contributed by atoms with Crippen LogP contribution in [0.5, 0.6) is 5.75 Å². The molecule has 1 aliphatic heterocycles. The number of ether oxygens (including phenoxy) is 2. The van der Waals surface area contributed by atoms with Crippen LogP contribution in [-0.2, 0) is 19.6 Å². The van der Waals surface area contributed by atoms with Crippen molar-refractivity contribution in [2.24, 2.45) is 0 Å². The van der Waals surface area contributed by atoms with Gasteiger partial charge in [0.25, 0.3) is 5.91 Å². The molecule has 8 heteroatoms. The fourth-order valence-electron chi connectivity index (χ4n) is 2.20. The van der Waals surface area contributed by atoms with Crippen molar-refractivity contribution in [3.05, 3.63) is 24.3 Å². The highest BCUT2D eigenvalue weighted by Gasteiger charge is 2.24. The van der Waals surface area contributed by atoms with Crippen molar-refractivity contribution in [1.29, 1.82) is 0 Å². The highest BCUT2D eigenvalue weighted by atomic mass is 32.2. The van der Waals surface area contributed by atoms with E-state index in [1.807, 2.05) is 0 Å². The Kier molecular flexibility index (Phi) is 5.61. The van der Waals surface area contributed by atoms with Crippen LogP contribution in [0.4, 0.5) is 0 Å². The van der Waals surface area contributed by atoms with Gasteiger partial charge >= 0.3 is 0 Å². The maximum atomic E-state index is 12.3. The van der Waals surface area contributed by atoms with Crippen LogP contribution in [0.3, 0.4) is 0 Å². The van der Waals surface area contributed by atoms with Crippen molar-refractivity contribution in [2.45, 2.75) is 17.9 Å². The van der Waals surface area contributed by atoms with E-state index in [9.17, 15) is 13.2 Å². The number of rotatable bonds is 5. The molecule has 0 bridgehead atoms. The summed E-state index contributed by atoms with van der Waals surface area (Å²) in [6.07, 6.45) is -0.635. The first-order valence-electron chi connectivity index (χ1n) is 7.38. The zero-order valence-electron chi connectivity index (χ0n) is 13.6. The summed E-state index contributed by atoms with van der Waals surface area (Å²) in [5.74, 6) is 0.357. The molecule has 0 N–H and O–H groups in total. The van der Waals surface area contributed by atoms with E-state index in [2.05, 4.69) is 0 Å². The van der Waals surface area contributed by atoms with Gasteiger partial charge in [0, 0.05) is 27.2 Å². The molecule has 0 radical (unpaired) electrons. The normalized spacial score (nSPS) is 17.1. The summed E-state index contributed by atoms with van der Waals surface area (Å²) >= 11 is 0. The third kappa shape index (κ3) is 4.21. The van der Waals surface area contributed by atoms with E-state index in [1.165, 1.54) is 26.2 Å². The van der Waals surface area contributed by atoms with Crippen LogP contribution >= 0.6 is 0 Å². The molecular weight excluding hydrogens is 320 g/mol. The number of hydrogen-bond acceptors (Lipinski definition) is 5. The van der Waals surface area contributed by atoms with Gasteiger partial charge in [-0.15, -0.1) is 0 Å². The number of morpholine rings is 1. The lowest BCUT2D eigenvalue weighted by Gasteiger charge is -2.29. The van der Waals surface area contributed by atoms with Gasteiger partial charge in [0.1, 0.15) is 5.75 Å². The molecule has 1 saturated heterocycles. The molecule has 0 spiro atoms. The summed E-state index contributed by atoms with van der Waals surface area (Å²) in [5, 5.41) is 0. The fourth-order valence-corrected chi connectivity index (χ4v) is 3.10. The third-order valence-corrected chi connectivity index (χ3v) is 5.42. The summed E-state index contributed by atoms with van der Waals surface area (Å²) < 4.78 is 36.0. The summed E-state index contributed by atoms with van der Waals surface area (Å²) in [6.45, 7) is 3.88. The molecule has 1 aromatic rings. The van der Waals surface area contributed by atoms with E-state index >= 15 is 0 Å². The van der Waals surface area contributed by atoms with Gasteiger partial charge in [-0.3, -0.25) is 4.79 Å². The summed E-state index contributed by atoms with van der Waals surface area (Å²) in [7, 11) is -0.517. The Morgan fingerprint density at radius 1 is 1.22 bits per heavy atom. The maximum absolute atomic E-state index is 12.3. The van der Waals surface area contributed by atoms with Crippen LogP contribution < -0.4 is 4.74 Å². The molecule has 0 unspecified atom stereocenters. The molecule has 1 atom stereocenters. The topological polar surface area (TPSA) is 76.2 Å². The van der Waals surface area contributed by atoms with E-state index in [4.69, 9.17) is 9.47 Å². The van der Waals surface area contributed by atoms with E-state index < -0.39 is 16.1 Å². The van der Waals surface area contributed by atoms with Gasteiger partial charge < -0.3 is 14.4 Å². The third-order valence-electron chi connectivity index (χ3n) is 3.59. The Balaban J connectivity index is 2.01. The monoisotopic (exact) mass is 342 g/mol. The fraction of sp³-hybridized carbons (Fsp3) is 0.533. The van der Waals surface area contributed by atoms with Gasteiger partial charge in [0.2, 0.25) is 10.0 Å². The highest BCUT2D eigenvalue weighted by molar-refractivity contribution is 7.89. The van der Waals surface area contributed by atoms with Gasteiger partial charge in [-0.25, -0.2) is 12.7 Å². The second kappa shape index (κ2) is 7.29. The van der Waals surface area contributed by atoms with Crippen LogP contribution in [0.25, 0.3) is 0 Å². The molecule has 1 aliphatic rings.